The number of carbonyl (C=O) groups excluding carboxylic acids is 1. The second-order valence-corrected chi connectivity index (χ2v) is 6.57. The molecule has 1 rings (SSSR count). The zero-order valence-corrected chi connectivity index (χ0v) is 13.3. The van der Waals surface area contributed by atoms with Gasteiger partial charge in [-0.05, 0) is 47.6 Å². The molecule has 0 fully saturated rings. The Balaban J connectivity index is 2.79. The molecule has 0 aliphatic carbocycles. The molecule has 19 heavy (non-hydrogen) atoms. The first-order chi connectivity index (χ1) is 8.69. The molecule has 0 aromatic carbocycles. The van der Waals surface area contributed by atoms with Gasteiger partial charge in [-0.25, -0.2) is 4.79 Å². The summed E-state index contributed by atoms with van der Waals surface area (Å²) in [6.45, 7) is 5.25. The van der Waals surface area contributed by atoms with Crippen molar-refractivity contribution in [2.75, 3.05) is 0 Å². The number of ether oxygens (including phenoxy) is 1. The molecule has 1 atom stereocenters. The predicted molar refractivity (Wildman–Crippen MR) is 76.4 cm³/mol. The van der Waals surface area contributed by atoms with Crippen molar-refractivity contribution in [2.24, 2.45) is 0 Å². The van der Waals surface area contributed by atoms with E-state index in [9.17, 15) is 9.59 Å². The highest BCUT2D eigenvalue weighted by Gasteiger charge is 2.24. The third-order valence-corrected chi connectivity index (χ3v) is 3.84. The van der Waals surface area contributed by atoms with Crippen LogP contribution in [0.1, 0.15) is 38.8 Å². The maximum atomic E-state index is 11.7. The summed E-state index contributed by atoms with van der Waals surface area (Å²) in [5.41, 5.74) is 0.113. The molecule has 0 aliphatic heterocycles. The fourth-order valence-electron chi connectivity index (χ4n) is 1.40. The Morgan fingerprint density at radius 3 is 2.53 bits per heavy atom. The van der Waals surface area contributed by atoms with Crippen molar-refractivity contribution >= 4 is 39.3 Å². The fourth-order valence-corrected chi connectivity index (χ4v) is 3.03. The summed E-state index contributed by atoms with van der Waals surface area (Å²) in [5, 5.41) is 15.1. The number of rotatable bonds is 4. The van der Waals surface area contributed by atoms with Gasteiger partial charge in [-0.1, -0.05) is 0 Å². The van der Waals surface area contributed by atoms with E-state index < -0.39 is 23.7 Å². The van der Waals surface area contributed by atoms with Gasteiger partial charge in [-0.3, -0.25) is 4.79 Å². The van der Waals surface area contributed by atoms with Crippen LogP contribution in [-0.2, 0) is 9.53 Å². The van der Waals surface area contributed by atoms with E-state index >= 15 is 0 Å². The van der Waals surface area contributed by atoms with Crippen LogP contribution in [0.3, 0.4) is 0 Å². The van der Waals surface area contributed by atoms with Crippen LogP contribution >= 0.6 is 27.3 Å². The van der Waals surface area contributed by atoms with E-state index in [1.165, 1.54) is 11.3 Å². The van der Waals surface area contributed by atoms with Crippen LogP contribution in [-0.4, -0.2) is 22.8 Å². The van der Waals surface area contributed by atoms with Crippen LogP contribution in [0.15, 0.2) is 15.2 Å². The van der Waals surface area contributed by atoms with Crippen molar-refractivity contribution in [1.29, 1.82) is 0 Å². The van der Waals surface area contributed by atoms with Crippen LogP contribution < -0.4 is 5.32 Å². The number of carboxylic acids is 1. The van der Waals surface area contributed by atoms with Gasteiger partial charge in [-0.15, -0.1) is 0 Å². The maximum Gasteiger partial charge on any atom is 0.408 e. The Kier molecular flexibility index (Phi) is 5.37. The zero-order chi connectivity index (χ0) is 14.6. The van der Waals surface area contributed by atoms with Crippen molar-refractivity contribution in [3.8, 4) is 0 Å². The number of hydrogen-bond acceptors (Lipinski definition) is 4. The first-order valence-corrected chi connectivity index (χ1v) is 7.35. The highest BCUT2D eigenvalue weighted by atomic mass is 79.9. The minimum atomic E-state index is -0.987. The normalized spacial score (nSPS) is 12.8. The standard InChI is InChI=1S/C12H16BrNO4S/c1-12(2,3)18-11(17)14-9(4-10(15)16)7-5-19-6-8(7)13/h5-6,9H,4H2,1-3H3,(H,14,17)(H,15,16)/t9-/m1/s1. The van der Waals surface area contributed by atoms with E-state index in [1.807, 2.05) is 5.38 Å². The van der Waals surface area contributed by atoms with Crippen molar-refractivity contribution in [1.82, 2.24) is 5.32 Å². The average Bonchev–Trinajstić information content (AvgIpc) is 2.59. The molecular weight excluding hydrogens is 334 g/mol. The first-order valence-electron chi connectivity index (χ1n) is 5.62. The second kappa shape index (κ2) is 6.38. The highest BCUT2D eigenvalue weighted by molar-refractivity contribution is 9.10. The van der Waals surface area contributed by atoms with Crippen molar-refractivity contribution in [3.05, 3.63) is 20.8 Å². The minimum Gasteiger partial charge on any atom is -0.481 e. The number of nitrogens with one attached hydrogen (secondary N) is 1. The third kappa shape index (κ3) is 5.61. The molecule has 1 aromatic rings. The number of carboxylic acid groups (broad SMARTS) is 1. The fraction of sp³-hybridized carbons (Fsp3) is 0.500. The van der Waals surface area contributed by atoms with Gasteiger partial charge in [0.05, 0.1) is 12.5 Å². The molecular formula is C12H16BrNO4S. The predicted octanol–water partition coefficient (Wildman–Crippen LogP) is 3.55. The lowest BCUT2D eigenvalue weighted by Gasteiger charge is -2.23. The Bertz CT molecular complexity index is 467. The number of thiophene rings is 1. The van der Waals surface area contributed by atoms with E-state index in [0.29, 0.717) is 0 Å². The molecule has 0 unspecified atom stereocenters. The zero-order valence-electron chi connectivity index (χ0n) is 10.9. The summed E-state index contributed by atoms with van der Waals surface area (Å²) in [4.78, 5) is 22.6. The molecule has 0 radical (unpaired) electrons. The Labute approximate surface area is 124 Å². The van der Waals surface area contributed by atoms with Gasteiger partial charge < -0.3 is 15.2 Å². The molecule has 106 valence electrons. The van der Waals surface area contributed by atoms with Crippen molar-refractivity contribution in [3.63, 3.8) is 0 Å². The van der Waals surface area contributed by atoms with Crippen molar-refractivity contribution in [2.45, 2.75) is 38.8 Å². The molecule has 1 aromatic heterocycles. The van der Waals surface area contributed by atoms with E-state index in [4.69, 9.17) is 9.84 Å². The molecule has 7 heteroatoms. The molecule has 0 aliphatic rings. The summed E-state index contributed by atoms with van der Waals surface area (Å²) < 4.78 is 5.91. The van der Waals surface area contributed by atoms with Gasteiger partial charge in [0.2, 0.25) is 0 Å². The van der Waals surface area contributed by atoms with Gasteiger partial charge >= 0.3 is 12.1 Å². The molecule has 0 bridgehead atoms. The topological polar surface area (TPSA) is 75.6 Å². The van der Waals surface area contributed by atoms with Gasteiger partial charge in [0, 0.05) is 9.85 Å². The molecule has 1 heterocycles. The summed E-state index contributed by atoms with van der Waals surface area (Å²) in [7, 11) is 0. The van der Waals surface area contributed by atoms with Crippen LogP contribution in [0.2, 0.25) is 0 Å². The number of hydrogen-bond donors (Lipinski definition) is 2. The van der Waals surface area contributed by atoms with Crippen LogP contribution in [0.5, 0.6) is 0 Å². The van der Waals surface area contributed by atoms with E-state index in [2.05, 4.69) is 21.2 Å². The van der Waals surface area contributed by atoms with Crippen molar-refractivity contribution < 1.29 is 19.4 Å². The Hall–Kier alpha value is -1.08. The van der Waals surface area contributed by atoms with E-state index in [1.54, 1.807) is 26.2 Å². The summed E-state index contributed by atoms with van der Waals surface area (Å²) >= 11 is 4.76. The van der Waals surface area contributed by atoms with Crippen LogP contribution in [0.25, 0.3) is 0 Å². The quantitative estimate of drug-likeness (QED) is 0.871. The van der Waals surface area contributed by atoms with E-state index in [-0.39, 0.29) is 6.42 Å². The van der Waals surface area contributed by atoms with E-state index in [0.717, 1.165) is 10.0 Å². The minimum absolute atomic E-state index is 0.200. The Morgan fingerprint density at radius 2 is 2.11 bits per heavy atom. The molecule has 0 saturated carbocycles. The number of alkyl carbamates (subject to hydrolysis) is 1. The lowest BCUT2D eigenvalue weighted by atomic mass is 10.1. The molecule has 5 nitrogen and oxygen atoms in total. The molecule has 0 spiro atoms. The average molecular weight is 350 g/mol. The number of halogens is 1. The summed E-state index contributed by atoms with van der Waals surface area (Å²) in [6, 6.07) is -0.618. The largest absolute Gasteiger partial charge is 0.481 e. The summed E-state index contributed by atoms with van der Waals surface area (Å²) in [6.07, 6.45) is -0.828. The molecule has 0 saturated heterocycles. The highest BCUT2D eigenvalue weighted by Crippen LogP contribution is 2.29. The van der Waals surface area contributed by atoms with Gasteiger partial charge in [0.25, 0.3) is 0 Å². The van der Waals surface area contributed by atoms with Crippen LogP contribution in [0, 0.1) is 0 Å². The lowest BCUT2D eigenvalue weighted by molar-refractivity contribution is -0.137. The SMILES string of the molecule is CC(C)(C)OC(=O)N[C@H](CC(=O)O)c1cscc1Br. The number of aliphatic carboxylic acids is 1. The summed E-state index contributed by atoms with van der Waals surface area (Å²) in [5.74, 6) is -0.987. The number of carbonyl (C=O) groups is 2. The number of amides is 1. The Morgan fingerprint density at radius 1 is 1.47 bits per heavy atom. The molecule has 1 amide bonds. The second-order valence-electron chi connectivity index (χ2n) is 4.97. The van der Waals surface area contributed by atoms with Gasteiger partial charge in [0.15, 0.2) is 0 Å². The third-order valence-electron chi connectivity index (χ3n) is 2.09. The van der Waals surface area contributed by atoms with Crippen LogP contribution in [0.4, 0.5) is 4.79 Å². The molecule has 2 N–H and O–H groups in total. The lowest BCUT2D eigenvalue weighted by Crippen LogP contribution is -2.35. The van der Waals surface area contributed by atoms with Gasteiger partial charge in [-0.2, -0.15) is 11.3 Å². The smallest absolute Gasteiger partial charge is 0.408 e. The maximum absolute atomic E-state index is 11.7. The van der Waals surface area contributed by atoms with Gasteiger partial charge in [0.1, 0.15) is 5.60 Å². The monoisotopic (exact) mass is 349 g/mol. The first kappa shape index (κ1) is 16.0.